The van der Waals surface area contributed by atoms with E-state index in [0.29, 0.717) is 36.1 Å². The Kier molecular flexibility index (Phi) is 7.88. The summed E-state index contributed by atoms with van der Waals surface area (Å²) < 4.78 is 15.8. The first-order chi connectivity index (χ1) is 18.5. The summed E-state index contributed by atoms with van der Waals surface area (Å²) in [6.07, 6.45) is 3.72. The molecule has 9 heteroatoms. The lowest BCUT2D eigenvalue weighted by Crippen LogP contribution is -2.48. The van der Waals surface area contributed by atoms with E-state index in [1.165, 1.54) is 6.07 Å². The van der Waals surface area contributed by atoms with Crippen molar-refractivity contribution in [1.82, 2.24) is 15.5 Å². The Morgan fingerprint density at radius 1 is 1.18 bits per heavy atom. The quantitative estimate of drug-likeness (QED) is 0.380. The van der Waals surface area contributed by atoms with Crippen LogP contribution in [0.5, 0.6) is 0 Å². The number of carbonyl (C=O) groups is 2. The van der Waals surface area contributed by atoms with E-state index in [-0.39, 0.29) is 33.9 Å². The topological polar surface area (TPSA) is 73.5 Å². The summed E-state index contributed by atoms with van der Waals surface area (Å²) in [5, 5.41) is 9.95. The average Bonchev–Trinajstić information content (AvgIpc) is 3.35. The molecular weight excluding hydrogens is 538 g/mol. The van der Waals surface area contributed by atoms with Crippen molar-refractivity contribution in [3.05, 3.63) is 63.4 Å². The molecule has 3 aliphatic heterocycles. The molecule has 0 unspecified atom stereocenters. The van der Waals surface area contributed by atoms with Crippen LogP contribution in [0.25, 0.3) is 0 Å². The van der Waals surface area contributed by atoms with Crippen LogP contribution in [0.3, 0.4) is 0 Å². The van der Waals surface area contributed by atoms with Gasteiger partial charge in [-0.1, -0.05) is 62.2 Å². The molecule has 0 bridgehead atoms. The standard InChI is InChI=1S/C30H37Cl2FN4O2/c1-29(2,3)16-19-17-37(28(39)35-14-11-18-9-12-34-13-10-18)26(21-5-4-6-23(32)25(21)33)30(19)22-8-7-20(31)15-24(22)36-27(30)38/h4-8,15,18-19,26,34H,9-14,16-17H2,1-3H3,(H,35,39)(H,36,38)/t19-,26-,30+/m1/s1. The van der Waals surface area contributed by atoms with Crippen LogP contribution in [0.1, 0.15) is 63.6 Å². The van der Waals surface area contributed by atoms with Crippen molar-refractivity contribution in [3.63, 3.8) is 0 Å². The van der Waals surface area contributed by atoms with Crippen molar-refractivity contribution < 1.29 is 14.0 Å². The summed E-state index contributed by atoms with van der Waals surface area (Å²) in [5.41, 5.74) is 0.231. The average molecular weight is 576 g/mol. The maximum absolute atomic E-state index is 15.8. The fourth-order valence-electron chi connectivity index (χ4n) is 6.93. The van der Waals surface area contributed by atoms with Crippen molar-refractivity contribution in [2.45, 2.75) is 57.9 Å². The minimum Gasteiger partial charge on any atom is -0.338 e. The highest BCUT2D eigenvalue weighted by atomic mass is 35.5. The number of anilines is 1. The molecule has 39 heavy (non-hydrogen) atoms. The number of rotatable bonds is 5. The molecule has 3 amide bonds. The molecule has 2 fully saturated rings. The number of fused-ring (bicyclic) bond motifs is 2. The summed E-state index contributed by atoms with van der Waals surface area (Å²) in [4.78, 5) is 29.7. The van der Waals surface area contributed by atoms with Crippen LogP contribution in [0, 0.1) is 23.1 Å². The highest BCUT2D eigenvalue weighted by Crippen LogP contribution is 2.60. The Labute approximate surface area is 240 Å². The number of benzene rings is 2. The molecule has 2 saturated heterocycles. The molecule has 6 nitrogen and oxygen atoms in total. The van der Waals surface area contributed by atoms with Gasteiger partial charge in [0.25, 0.3) is 0 Å². The van der Waals surface area contributed by atoms with E-state index in [0.717, 1.165) is 37.9 Å². The van der Waals surface area contributed by atoms with E-state index in [9.17, 15) is 9.59 Å². The molecule has 3 atom stereocenters. The number of halogens is 3. The van der Waals surface area contributed by atoms with E-state index < -0.39 is 17.3 Å². The second-order valence-electron chi connectivity index (χ2n) is 12.4. The zero-order chi connectivity index (χ0) is 27.9. The minimum atomic E-state index is -1.20. The second-order valence-corrected chi connectivity index (χ2v) is 13.2. The highest BCUT2D eigenvalue weighted by molar-refractivity contribution is 6.31. The van der Waals surface area contributed by atoms with E-state index in [1.807, 2.05) is 6.07 Å². The first-order valence-corrected chi connectivity index (χ1v) is 14.6. The number of carbonyl (C=O) groups excluding carboxylic acids is 2. The molecule has 3 aliphatic rings. The Morgan fingerprint density at radius 2 is 1.92 bits per heavy atom. The summed E-state index contributed by atoms with van der Waals surface area (Å²) in [7, 11) is 0. The molecule has 3 N–H and O–H groups in total. The van der Waals surface area contributed by atoms with Gasteiger partial charge in [0.15, 0.2) is 0 Å². The molecule has 2 aromatic carbocycles. The zero-order valence-electron chi connectivity index (χ0n) is 22.8. The maximum Gasteiger partial charge on any atom is 0.317 e. The molecule has 2 aromatic rings. The smallest absolute Gasteiger partial charge is 0.317 e. The monoisotopic (exact) mass is 574 g/mol. The largest absolute Gasteiger partial charge is 0.338 e. The zero-order valence-corrected chi connectivity index (χ0v) is 24.3. The number of nitrogens with one attached hydrogen (secondary N) is 3. The predicted octanol–water partition coefficient (Wildman–Crippen LogP) is 6.53. The van der Waals surface area contributed by atoms with Gasteiger partial charge in [-0.3, -0.25) is 4.79 Å². The molecule has 0 radical (unpaired) electrons. The number of likely N-dealkylation sites (tertiary alicyclic amines) is 1. The molecule has 1 spiro atoms. The van der Waals surface area contributed by atoms with E-state index in [2.05, 4.69) is 36.7 Å². The normalized spacial score (nSPS) is 25.2. The van der Waals surface area contributed by atoms with Crippen molar-refractivity contribution >= 4 is 40.8 Å². The van der Waals surface area contributed by atoms with Crippen LogP contribution in [0.15, 0.2) is 36.4 Å². The van der Waals surface area contributed by atoms with Gasteiger partial charge < -0.3 is 20.9 Å². The lowest BCUT2D eigenvalue weighted by molar-refractivity contribution is -0.123. The number of hydrogen-bond donors (Lipinski definition) is 3. The second kappa shape index (κ2) is 10.9. The minimum absolute atomic E-state index is 0.0390. The van der Waals surface area contributed by atoms with Gasteiger partial charge in [0.2, 0.25) is 5.91 Å². The summed E-state index contributed by atoms with van der Waals surface area (Å²) in [5.74, 6) is -0.562. The van der Waals surface area contributed by atoms with Crippen molar-refractivity contribution in [3.8, 4) is 0 Å². The number of piperidine rings is 1. The van der Waals surface area contributed by atoms with Crippen LogP contribution in [0.2, 0.25) is 10.0 Å². The van der Waals surface area contributed by atoms with Gasteiger partial charge in [0.1, 0.15) is 11.2 Å². The van der Waals surface area contributed by atoms with E-state index >= 15 is 4.39 Å². The summed E-state index contributed by atoms with van der Waals surface area (Å²) in [6, 6.07) is 8.95. The van der Waals surface area contributed by atoms with Gasteiger partial charge in [0, 0.05) is 29.4 Å². The highest BCUT2D eigenvalue weighted by Gasteiger charge is 2.65. The first kappa shape index (κ1) is 28.2. The Hall–Kier alpha value is -2.35. The van der Waals surface area contributed by atoms with Crippen LogP contribution in [-0.2, 0) is 10.2 Å². The fourth-order valence-corrected chi connectivity index (χ4v) is 7.28. The molecular formula is C30H37Cl2FN4O2. The lowest BCUT2D eigenvalue weighted by atomic mass is 9.63. The number of amides is 3. The first-order valence-electron chi connectivity index (χ1n) is 13.8. The third kappa shape index (κ3) is 5.25. The van der Waals surface area contributed by atoms with Crippen LogP contribution in [-0.4, -0.2) is 43.0 Å². The third-order valence-corrected chi connectivity index (χ3v) is 9.07. The van der Waals surface area contributed by atoms with Gasteiger partial charge in [-0.05, 0) is 79.8 Å². The Balaban J connectivity index is 1.59. The number of nitrogens with zero attached hydrogens (tertiary/aromatic N) is 1. The van der Waals surface area contributed by atoms with E-state index in [1.54, 1.807) is 29.2 Å². The van der Waals surface area contributed by atoms with Gasteiger partial charge in [0.05, 0.1) is 11.1 Å². The summed E-state index contributed by atoms with van der Waals surface area (Å²) >= 11 is 12.6. The third-order valence-electron chi connectivity index (χ3n) is 8.54. The Bertz CT molecular complexity index is 1260. The van der Waals surface area contributed by atoms with Crippen LogP contribution < -0.4 is 16.0 Å². The SMILES string of the molecule is CC(C)(C)C[C@@H]1CN(C(=O)NCCC2CCNCC2)[C@H](c2cccc(Cl)c2F)[C@]12C(=O)Nc1cc(Cl)ccc12. The van der Waals surface area contributed by atoms with Crippen LogP contribution in [0.4, 0.5) is 14.9 Å². The van der Waals surface area contributed by atoms with Crippen molar-refractivity contribution in [2.75, 3.05) is 31.5 Å². The molecule has 0 aliphatic carbocycles. The molecule has 210 valence electrons. The fraction of sp³-hybridized carbons (Fsp3) is 0.533. The molecule has 0 saturated carbocycles. The van der Waals surface area contributed by atoms with Crippen LogP contribution >= 0.6 is 23.2 Å². The van der Waals surface area contributed by atoms with Crippen molar-refractivity contribution in [1.29, 1.82) is 0 Å². The number of urea groups is 1. The maximum atomic E-state index is 15.8. The van der Waals surface area contributed by atoms with E-state index in [4.69, 9.17) is 23.2 Å². The van der Waals surface area contributed by atoms with Crippen molar-refractivity contribution in [2.24, 2.45) is 17.3 Å². The van der Waals surface area contributed by atoms with Gasteiger partial charge in [-0.2, -0.15) is 0 Å². The molecule has 5 rings (SSSR count). The lowest BCUT2D eigenvalue weighted by Gasteiger charge is -2.38. The predicted molar refractivity (Wildman–Crippen MR) is 154 cm³/mol. The molecule has 0 aromatic heterocycles. The van der Waals surface area contributed by atoms with Gasteiger partial charge >= 0.3 is 6.03 Å². The van der Waals surface area contributed by atoms with Gasteiger partial charge in [-0.15, -0.1) is 0 Å². The Morgan fingerprint density at radius 3 is 2.64 bits per heavy atom. The van der Waals surface area contributed by atoms with Gasteiger partial charge in [-0.25, -0.2) is 9.18 Å². The summed E-state index contributed by atoms with van der Waals surface area (Å²) in [6.45, 7) is 9.18. The molecule has 3 heterocycles. The number of hydrogen-bond acceptors (Lipinski definition) is 3.